The zero-order chi connectivity index (χ0) is 15.7. The second-order valence-electron chi connectivity index (χ2n) is 5.29. The van der Waals surface area contributed by atoms with Gasteiger partial charge in [0.15, 0.2) is 4.77 Å². The van der Waals surface area contributed by atoms with Gasteiger partial charge in [-0.3, -0.25) is 19.2 Å². The maximum Gasteiger partial charge on any atom is 0.258 e. The molecule has 0 spiro atoms. The number of hydrogen-bond acceptors (Lipinski definition) is 4. The molecule has 2 heterocycles. The molecule has 116 valence electrons. The summed E-state index contributed by atoms with van der Waals surface area (Å²) in [4.78, 5) is 17.2. The van der Waals surface area contributed by atoms with Crippen molar-refractivity contribution in [2.24, 2.45) is 0 Å². The van der Waals surface area contributed by atoms with Crippen molar-refractivity contribution in [3.63, 3.8) is 0 Å². The molecule has 0 radical (unpaired) electrons. The van der Waals surface area contributed by atoms with E-state index >= 15 is 0 Å². The van der Waals surface area contributed by atoms with Crippen LogP contribution in [-0.2, 0) is 6.54 Å². The van der Waals surface area contributed by atoms with E-state index in [0.29, 0.717) is 28.6 Å². The monoisotopic (exact) mass is 336 g/mol. The largest absolute Gasteiger partial charge is 0.358 e. The molecular formula is C15H17ClN4OS. The van der Waals surface area contributed by atoms with E-state index in [1.807, 2.05) is 28.8 Å². The number of fused-ring (bicyclic) bond motifs is 1. The van der Waals surface area contributed by atoms with E-state index in [1.54, 1.807) is 0 Å². The van der Waals surface area contributed by atoms with Crippen LogP contribution >= 0.6 is 23.8 Å². The van der Waals surface area contributed by atoms with Crippen molar-refractivity contribution in [1.82, 2.24) is 14.5 Å². The number of aromatic amines is 1. The molecule has 2 aromatic rings. The molecule has 1 aliphatic rings. The predicted octanol–water partition coefficient (Wildman–Crippen LogP) is 3.14. The lowest BCUT2D eigenvalue weighted by molar-refractivity contribution is 0.273. The molecule has 0 unspecified atom stereocenters. The van der Waals surface area contributed by atoms with Crippen LogP contribution in [0.3, 0.4) is 0 Å². The first-order valence-corrected chi connectivity index (χ1v) is 7.99. The maximum atomic E-state index is 12.3. The number of nitrogens with one attached hydrogen (secondary N) is 2. The third-order valence-electron chi connectivity index (χ3n) is 3.67. The van der Waals surface area contributed by atoms with Crippen molar-refractivity contribution in [3.8, 4) is 5.69 Å². The van der Waals surface area contributed by atoms with Gasteiger partial charge in [-0.25, -0.2) is 0 Å². The highest BCUT2D eigenvalue weighted by Gasteiger charge is 2.22. The van der Waals surface area contributed by atoms with Gasteiger partial charge >= 0.3 is 0 Å². The molecule has 1 aromatic heterocycles. The molecule has 1 aliphatic heterocycles. The molecule has 5 nitrogen and oxygen atoms in total. The summed E-state index contributed by atoms with van der Waals surface area (Å²) >= 11 is 11.4. The number of aromatic nitrogens is 2. The standard InChI is InChI=1S/C15H17ClN4OS/c1-2-6-19-8-12-13(17-9-19)20(15(22)18-14(12)21)11-5-3-4-10(16)7-11/h3-5,7,17H,2,6,8-9H2,1H3,(H,18,21,22). The first kappa shape index (κ1) is 15.3. The predicted molar refractivity (Wildman–Crippen MR) is 91.4 cm³/mol. The molecule has 1 aromatic carbocycles. The molecule has 7 heteroatoms. The van der Waals surface area contributed by atoms with Crippen LogP contribution in [0.1, 0.15) is 18.9 Å². The highest BCUT2D eigenvalue weighted by molar-refractivity contribution is 7.71. The molecule has 3 rings (SSSR count). The third-order valence-corrected chi connectivity index (χ3v) is 4.18. The first-order chi connectivity index (χ1) is 10.6. The van der Waals surface area contributed by atoms with Gasteiger partial charge in [-0.2, -0.15) is 0 Å². The second-order valence-corrected chi connectivity index (χ2v) is 6.11. The van der Waals surface area contributed by atoms with Crippen LogP contribution in [-0.4, -0.2) is 27.7 Å². The van der Waals surface area contributed by atoms with Gasteiger partial charge in [-0.15, -0.1) is 0 Å². The van der Waals surface area contributed by atoms with E-state index in [4.69, 9.17) is 23.8 Å². The summed E-state index contributed by atoms with van der Waals surface area (Å²) in [5.74, 6) is 0.753. The summed E-state index contributed by atoms with van der Waals surface area (Å²) in [5.41, 5.74) is 1.40. The Morgan fingerprint density at radius 2 is 2.23 bits per heavy atom. The Balaban J connectivity index is 2.15. The Kier molecular flexibility index (Phi) is 4.33. The average Bonchev–Trinajstić information content (AvgIpc) is 2.48. The topological polar surface area (TPSA) is 53.1 Å². The van der Waals surface area contributed by atoms with Crippen molar-refractivity contribution in [2.75, 3.05) is 18.5 Å². The minimum Gasteiger partial charge on any atom is -0.358 e. The van der Waals surface area contributed by atoms with E-state index in [2.05, 4.69) is 22.1 Å². The van der Waals surface area contributed by atoms with Gasteiger partial charge < -0.3 is 5.32 Å². The third kappa shape index (κ3) is 2.82. The Morgan fingerprint density at radius 1 is 1.41 bits per heavy atom. The number of hydrogen-bond donors (Lipinski definition) is 2. The van der Waals surface area contributed by atoms with Crippen molar-refractivity contribution >= 4 is 29.6 Å². The van der Waals surface area contributed by atoms with Gasteiger partial charge in [-0.1, -0.05) is 24.6 Å². The van der Waals surface area contributed by atoms with Crippen molar-refractivity contribution in [2.45, 2.75) is 19.9 Å². The van der Waals surface area contributed by atoms with E-state index in [1.165, 1.54) is 0 Å². The Hall–Kier alpha value is -1.63. The molecule has 2 N–H and O–H groups in total. The van der Waals surface area contributed by atoms with Crippen LogP contribution in [0.5, 0.6) is 0 Å². The smallest absolute Gasteiger partial charge is 0.258 e. The van der Waals surface area contributed by atoms with E-state index < -0.39 is 0 Å². The van der Waals surface area contributed by atoms with Gasteiger partial charge in [0.1, 0.15) is 5.82 Å². The van der Waals surface area contributed by atoms with E-state index in [-0.39, 0.29) is 5.56 Å². The van der Waals surface area contributed by atoms with Gasteiger partial charge in [-0.05, 0) is 43.4 Å². The number of benzene rings is 1. The Bertz CT molecular complexity index is 814. The molecule has 0 bridgehead atoms. The summed E-state index contributed by atoms with van der Waals surface area (Å²) < 4.78 is 2.20. The number of anilines is 1. The van der Waals surface area contributed by atoms with E-state index in [0.717, 1.165) is 24.5 Å². The fraction of sp³-hybridized carbons (Fsp3) is 0.333. The van der Waals surface area contributed by atoms with Crippen molar-refractivity contribution < 1.29 is 0 Å². The van der Waals surface area contributed by atoms with Crippen molar-refractivity contribution in [3.05, 3.63) is 50.0 Å². The van der Waals surface area contributed by atoms with E-state index in [9.17, 15) is 4.79 Å². The van der Waals surface area contributed by atoms with Gasteiger partial charge in [0.05, 0.1) is 17.9 Å². The zero-order valence-corrected chi connectivity index (χ0v) is 13.8. The minimum atomic E-state index is -0.133. The van der Waals surface area contributed by atoms with Crippen LogP contribution in [0.25, 0.3) is 5.69 Å². The van der Waals surface area contributed by atoms with Crippen LogP contribution in [0.15, 0.2) is 29.1 Å². The summed E-state index contributed by atoms with van der Waals surface area (Å²) in [5, 5.41) is 3.95. The van der Waals surface area contributed by atoms with Gasteiger partial charge in [0.2, 0.25) is 0 Å². The maximum absolute atomic E-state index is 12.3. The summed E-state index contributed by atoms with van der Waals surface area (Å²) in [6.45, 7) is 4.37. The first-order valence-electron chi connectivity index (χ1n) is 7.20. The lowest BCUT2D eigenvalue weighted by Gasteiger charge is -2.30. The fourth-order valence-corrected chi connectivity index (χ4v) is 3.18. The quantitative estimate of drug-likeness (QED) is 0.845. The average molecular weight is 337 g/mol. The van der Waals surface area contributed by atoms with Crippen LogP contribution < -0.4 is 10.9 Å². The summed E-state index contributed by atoms with van der Waals surface area (Å²) in [6.07, 6.45) is 1.04. The number of rotatable bonds is 3. The fourth-order valence-electron chi connectivity index (χ4n) is 2.71. The molecule has 0 atom stereocenters. The normalized spacial score (nSPS) is 14.5. The van der Waals surface area contributed by atoms with Gasteiger partial charge in [0.25, 0.3) is 5.56 Å². The Labute approximate surface area is 138 Å². The number of nitrogens with zero attached hydrogens (tertiary/aromatic N) is 2. The minimum absolute atomic E-state index is 0.133. The van der Waals surface area contributed by atoms with Crippen LogP contribution in [0.4, 0.5) is 5.82 Å². The molecule has 0 amide bonds. The van der Waals surface area contributed by atoms with Crippen molar-refractivity contribution in [1.29, 1.82) is 0 Å². The highest BCUT2D eigenvalue weighted by Crippen LogP contribution is 2.24. The molecule has 22 heavy (non-hydrogen) atoms. The molecule has 0 fully saturated rings. The second kappa shape index (κ2) is 6.24. The lowest BCUT2D eigenvalue weighted by atomic mass is 10.2. The Morgan fingerprint density at radius 3 is 2.95 bits per heavy atom. The summed E-state index contributed by atoms with van der Waals surface area (Å²) in [6, 6.07) is 7.42. The number of halogens is 1. The lowest BCUT2D eigenvalue weighted by Crippen LogP contribution is -2.39. The molecule has 0 saturated heterocycles. The zero-order valence-electron chi connectivity index (χ0n) is 12.2. The van der Waals surface area contributed by atoms with Gasteiger partial charge in [0, 0.05) is 11.6 Å². The van der Waals surface area contributed by atoms with Crippen LogP contribution in [0.2, 0.25) is 5.02 Å². The highest BCUT2D eigenvalue weighted by atomic mass is 35.5. The SMILES string of the molecule is CCCN1CNc2c(c(=O)[nH]c(=S)n2-c2cccc(Cl)c2)C1. The molecule has 0 aliphatic carbocycles. The number of H-pyrrole nitrogens is 1. The molecule has 0 saturated carbocycles. The summed E-state index contributed by atoms with van der Waals surface area (Å²) in [7, 11) is 0. The van der Waals surface area contributed by atoms with Crippen LogP contribution in [0, 0.1) is 4.77 Å². The molecular weight excluding hydrogens is 320 g/mol.